The van der Waals surface area contributed by atoms with Gasteiger partial charge in [-0.3, -0.25) is 0 Å². The number of rotatable bonds is 9. The maximum atomic E-state index is 5.93. The molecule has 1 aromatic carbocycles. The van der Waals surface area contributed by atoms with Crippen LogP contribution in [0.25, 0.3) is 0 Å². The Hall–Kier alpha value is -0.130. The van der Waals surface area contributed by atoms with Gasteiger partial charge in [0, 0.05) is 16.7 Å². The van der Waals surface area contributed by atoms with Gasteiger partial charge in [0.05, 0.1) is 5.60 Å². The predicted octanol–water partition coefficient (Wildman–Crippen LogP) is 4.41. The molecule has 114 valence electrons. The molecule has 0 fully saturated rings. The Labute approximate surface area is 137 Å². The first-order valence-corrected chi connectivity index (χ1v) is 8.72. The number of benzene rings is 1. The lowest BCUT2D eigenvalue weighted by atomic mass is 9.84. The molecule has 0 aliphatic rings. The van der Waals surface area contributed by atoms with Crippen LogP contribution in [0.1, 0.15) is 45.6 Å². The summed E-state index contributed by atoms with van der Waals surface area (Å²) in [5.74, 6) is 0. The third-order valence-corrected chi connectivity index (χ3v) is 4.95. The lowest BCUT2D eigenvalue weighted by Crippen LogP contribution is -2.53. The van der Waals surface area contributed by atoms with Crippen LogP contribution in [0.3, 0.4) is 0 Å². The second kappa shape index (κ2) is 9.00. The van der Waals surface area contributed by atoms with Crippen LogP contribution in [-0.4, -0.2) is 25.3 Å². The van der Waals surface area contributed by atoms with Crippen molar-refractivity contribution < 1.29 is 4.74 Å². The van der Waals surface area contributed by atoms with Gasteiger partial charge < -0.3 is 10.1 Å². The van der Waals surface area contributed by atoms with E-state index in [2.05, 4.69) is 72.9 Å². The maximum Gasteiger partial charge on any atom is 0.0828 e. The fourth-order valence-corrected chi connectivity index (χ4v) is 3.15. The zero-order chi connectivity index (χ0) is 15.0. The van der Waals surface area contributed by atoms with Crippen molar-refractivity contribution in [2.45, 2.75) is 58.1 Å². The van der Waals surface area contributed by atoms with Crippen LogP contribution in [-0.2, 0) is 11.2 Å². The SMILES string of the molecule is CCCNC(Cc1ccc(I)cc1)C(CC)(CC)OC. The molecule has 0 aliphatic heterocycles. The van der Waals surface area contributed by atoms with E-state index in [1.54, 1.807) is 0 Å². The van der Waals surface area contributed by atoms with Gasteiger partial charge in [-0.1, -0.05) is 32.9 Å². The van der Waals surface area contributed by atoms with Crippen LogP contribution in [0.4, 0.5) is 0 Å². The first kappa shape index (κ1) is 17.9. The maximum absolute atomic E-state index is 5.93. The standard InChI is InChI=1S/C17H28INO/c1-5-12-19-16(17(6-2,7-3)20-4)13-14-8-10-15(18)11-9-14/h8-11,16,19H,5-7,12-13H2,1-4H3. The molecule has 0 amide bonds. The van der Waals surface area contributed by atoms with E-state index in [1.165, 1.54) is 9.13 Å². The molecule has 1 N–H and O–H groups in total. The van der Waals surface area contributed by atoms with Gasteiger partial charge >= 0.3 is 0 Å². The minimum absolute atomic E-state index is 0.0713. The molecular weight excluding hydrogens is 361 g/mol. The normalized spacial score (nSPS) is 13.4. The molecule has 1 rings (SSSR count). The van der Waals surface area contributed by atoms with E-state index in [9.17, 15) is 0 Å². The summed E-state index contributed by atoms with van der Waals surface area (Å²) in [6.07, 6.45) is 4.24. The van der Waals surface area contributed by atoms with Gasteiger partial charge in [0.2, 0.25) is 0 Å². The molecule has 0 aromatic heterocycles. The van der Waals surface area contributed by atoms with Crippen molar-refractivity contribution in [3.63, 3.8) is 0 Å². The van der Waals surface area contributed by atoms with Crippen molar-refractivity contribution in [1.82, 2.24) is 5.32 Å². The number of hydrogen-bond donors (Lipinski definition) is 1. The predicted molar refractivity (Wildman–Crippen MR) is 95.3 cm³/mol. The number of hydrogen-bond acceptors (Lipinski definition) is 2. The summed E-state index contributed by atoms with van der Waals surface area (Å²) < 4.78 is 7.21. The van der Waals surface area contributed by atoms with Gasteiger partial charge in [0.25, 0.3) is 0 Å². The lowest BCUT2D eigenvalue weighted by Gasteiger charge is -2.39. The van der Waals surface area contributed by atoms with Crippen molar-refractivity contribution in [2.75, 3.05) is 13.7 Å². The topological polar surface area (TPSA) is 21.3 Å². The van der Waals surface area contributed by atoms with Crippen LogP contribution >= 0.6 is 22.6 Å². The average Bonchev–Trinajstić information content (AvgIpc) is 2.49. The molecule has 1 aromatic rings. The first-order valence-electron chi connectivity index (χ1n) is 7.64. The minimum Gasteiger partial charge on any atom is -0.377 e. The molecule has 20 heavy (non-hydrogen) atoms. The van der Waals surface area contributed by atoms with Gasteiger partial charge in [-0.25, -0.2) is 0 Å². The van der Waals surface area contributed by atoms with Crippen molar-refractivity contribution in [2.24, 2.45) is 0 Å². The molecule has 0 spiro atoms. The number of ether oxygens (including phenoxy) is 1. The second-order valence-electron chi connectivity index (χ2n) is 5.31. The van der Waals surface area contributed by atoms with E-state index >= 15 is 0 Å². The molecule has 0 aliphatic carbocycles. The molecule has 1 unspecified atom stereocenters. The third kappa shape index (κ3) is 4.71. The zero-order valence-electron chi connectivity index (χ0n) is 13.2. The highest BCUT2D eigenvalue weighted by atomic mass is 127. The van der Waals surface area contributed by atoms with Crippen molar-refractivity contribution in [1.29, 1.82) is 0 Å². The van der Waals surface area contributed by atoms with E-state index in [0.29, 0.717) is 6.04 Å². The van der Waals surface area contributed by atoms with Gasteiger partial charge in [0.1, 0.15) is 0 Å². The van der Waals surface area contributed by atoms with Crippen LogP contribution in [0.2, 0.25) is 0 Å². The molecule has 0 saturated carbocycles. The fourth-order valence-electron chi connectivity index (χ4n) is 2.79. The number of halogens is 1. The second-order valence-corrected chi connectivity index (χ2v) is 6.56. The summed E-state index contributed by atoms with van der Waals surface area (Å²) in [5.41, 5.74) is 1.31. The summed E-state index contributed by atoms with van der Waals surface area (Å²) in [5, 5.41) is 3.70. The number of methoxy groups -OCH3 is 1. The van der Waals surface area contributed by atoms with E-state index in [-0.39, 0.29) is 5.60 Å². The van der Waals surface area contributed by atoms with Crippen molar-refractivity contribution >= 4 is 22.6 Å². The fraction of sp³-hybridized carbons (Fsp3) is 0.647. The summed E-state index contributed by atoms with van der Waals surface area (Å²) in [4.78, 5) is 0. The molecular formula is C17H28INO. The summed E-state index contributed by atoms with van der Waals surface area (Å²) in [6.45, 7) is 7.70. The van der Waals surface area contributed by atoms with Crippen LogP contribution in [0, 0.1) is 3.57 Å². The Kier molecular flexibility index (Phi) is 8.07. The Morgan fingerprint density at radius 3 is 2.20 bits per heavy atom. The van der Waals surface area contributed by atoms with E-state index in [0.717, 1.165) is 32.2 Å². The molecule has 0 radical (unpaired) electrons. The summed E-state index contributed by atoms with van der Waals surface area (Å²) in [7, 11) is 1.85. The van der Waals surface area contributed by atoms with Gasteiger partial charge in [0.15, 0.2) is 0 Å². The Morgan fingerprint density at radius 2 is 1.75 bits per heavy atom. The zero-order valence-corrected chi connectivity index (χ0v) is 15.4. The van der Waals surface area contributed by atoms with Crippen molar-refractivity contribution in [3.05, 3.63) is 33.4 Å². The highest BCUT2D eigenvalue weighted by molar-refractivity contribution is 14.1. The largest absolute Gasteiger partial charge is 0.377 e. The highest BCUT2D eigenvalue weighted by Gasteiger charge is 2.35. The highest BCUT2D eigenvalue weighted by Crippen LogP contribution is 2.27. The van der Waals surface area contributed by atoms with Gasteiger partial charge in [-0.15, -0.1) is 0 Å². The summed E-state index contributed by atoms with van der Waals surface area (Å²) in [6, 6.07) is 9.18. The van der Waals surface area contributed by atoms with Crippen LogP contribution < -0.4 is 5.32 Å². The molecule has 0 bridgehead atoms. The molecule has 0 saturated heterocycles. The smallest absolute Gasteiger partial charge is 0.0828 e. The van der Waals surface area contributed by atoms with Gasteiger partial charge in [-0.2, -0.15) is 0 Å². The Balaban J connectivity index is 2.90. The third-order valence-electron chi connectivity index (χ3n) is 4.23. The quantitative estimate of drug-likeness (QED) is 0.632. The average molecular weight is 389 g/mol. The molecule has 2 nitrogen and oxygen atoms in total. The van der Waals surface area contributed by atoms with Gasteiger partial charge in [-0.05, 0) is 72.5 Å². The molecule has 3 heteroatoms. The minimum atomic E-state index is -0.0713. The Bertz CT molecular complexity index is 365. The Morgan fingerprint density at radius 1 is 1.15 bits per heavy atom. The van der Waals surface area contributed by atoms with E-state index in [1.807, 2.05) is 7.11 Å². The van der Waals surface area contributed by atoms with Crippen LogP contribution in [0.15, 0.2) is 24.3 Å². The molecule has 1 atom stereocenters. The van der Waals surface area contributed by atoms with Crippen LogP contribution in [0.5, 0.6) is 0 Å². The van der Waals surface area contributed by atoms with E-state index < -0.39 is 0 Å². The first-order chi connectivity index (χ1) is 9.61. The summed E-state index contributed by atoms with van der Waals surface area (Å²) >= 11 is 2.35. The number of nitrogens with one attached hydrogen (secondary N) is 1. The van der Waals surface area contributed by atoms with E-state index in [4.69, 9.17) is 4.74 Å². The van der Waals surface area contributed by atoms with Crippen molar-refractivity contribution in [3.8, 4) is 0 Å². The lowest BCUT2D eigenvalue weighted by molar-refractivity contribution is -0.0471. The monoisotopic (exact) mass is 389 g/mol. The molecule has 0 heterocycles.